The number of sulfone groups is 1. The first-order valence-electron chi connectivity index (χ1n) is 6.55. The van der Waals surface area contributed by atoms with Crippen molar-refractivity contribution in [3.63, 3.8) is 0 Å². The van der Waals surface area contributed by atoms with Crippen molar-refractivity contribution in [2.75, 3.05) is 13.1 Å². The van der Waals surface area contributed by atoms with Crippen LogP contribution in [0.2, 0.25) is 0 Å². The van der Waals surface area contributed by atoms with Crippen LogP contribution in [0.5, 0.6) is 0 Å². The van der Waals surface area contributed by atoms with Gasteiger partial charge in [-0.05, 0) is 38.1 Å². The number of halogens is 2. The van der Waals surface area contributed by atoms with Crippen molar-refractivity contribution < 1.29 is 22.0 Å². The Morgan fingerprint density at radius 1 is 1.32 bits per heavy atom. The lowest BCUT2D eigenvalue weighted by Gasteiger charge is -2.22. The first-order valence-corrected chi connectivity index (χ1v) is 8.09. The molecule has 0 heterocycles. The standard InChI is InChI=1S/C14H16F2N2O3S/c1-3-18(9-10(2)8-17)13(19)11-4-6-12(7-5-11)22(20,21)14(15)16/h4-7,10,14H,3,9H2,1-2H3/t10-/m0/s1. The van der Waals surface area contributed by atoms with E-state index in [0.717, 1.165) is 12.1 Å². The first kappa shape index (κ1) is 18.0. The number of benzene rings is 1. The molecule has 0 saturated heterocycles. The van der Waals surface area contributed by atoms with E-state index in [0.29, 0.717) is 6.54 Å². The topological polar surface area (TPSA) is 78.2 Å². The van der Waals surface area contributed by atoms with Gasteiger partial charge in [-0.3, -0.25) is 4.79 Å². The zero-order valence-corrected chi connectivity index (χ0v) is 13.0. The van der Waals surface area contributed by atoms with Crippen LogP contribution < -0.4 is 0 Å². The predicted molar refractivity (Wildman–Crippen MR) is 76.0 cm³/mol. The molecule has 1 atom stereocenters. The Morgan fingerprint density at radius 3 is 2.27 bits per heavy atom. The van der Waals surface area contributed by atoms with Gasteiger partial charge < -0.3 is 4.90 Å². The number of hydrogen-bond acceptors (Lipinski definition) is 4. The van der Waals surface area contributed by atoms with Gasteiger partial charge in [0.25, 0.3) is 5.91 Å². The maximum atomic E-state index is 12.4. The van der Waals surface area contributed by atoms with E-state index < -0.39 is 20.5 Å². The Kier molecular flexibility index (Phi) is 6.00. The van der Waals surface area contributed by atoms with Gasteiger partial charge in [-0.1, -0.05) is 0 Å². The summed E-state index contributed by atoms with van der Waals surface area (Å²) in [6, 6.07) is 6.37. The summed E-state index contributed by atoms with van der Waals surface area (Å²) in [5.41, 5.74) is 0.181. The second-order valence-electron chi connectivity index (χ2n) is 4.70. The monoisotopic (exact) mass is 330 g/mol. The lowest BCUT2D eigenvalue weighted by molar-refractivity contribution is 0.0752. The van der Waals surface area contributed by atoms with E-state index in [9.17, 15) is 22.0 Å². The van der Waals surface area contributed by atoms with Crippen LogP contribution in [0, 0.1) is 17.2 Å². The largest absolute Gasteiger partial charge is 0.341 e. The maximum Gasteiger partial charge on any atom is 0.341 e. The van der Waals surface area contributed by atoms with Gasteiger partial charge in [0, 0.05) is 18.7 Å². The van der Waals surface area contributed by atoms with Crippen molar-refractivity contribution in [3.05, 3.63) is 29.8 Å². The molecule has 0 aliphatic carbocycles. The van der Waals surface area contributed by atoms with Crippen LogP contribution in [0.25, 0.3) is 0 Å². The number of nitriles is 1. The number of alkyl halides is 2. The molecule has 0 aliphatic heterocycles. The summed E-state index contributed by atoms with van der Waals surface area (Å²) in [5, 5.41) is 8.78. The molecule has 0 N–H and O–H groups in total. The molecule has 1 amide bonds. The third-order valence-corrected chi connectivity index (χ3v) is 4.45. The molecular weight excluding hydrogens is 314 g/mol. The van der Waals surface area contributed by atoms with Gasteiger partial charge in [-0.2, -0.15) is 14.0 Å². The predicted octanol–water partition coefficient (Wildman–Crippen LogP) is 2.30. The third kappa shape index (κ3) is 4.01. The summed E-state index contributed by atoms with van der Waals surface area (Å²) in [7, 11) is -4.67. The molecule has 0 bridgehead atoms. The zero-order valence-electron chi connectivity index (χ0n) is 12.2. The lowest BCUT2D eigenvalue weighted by Crippen LogP contribution is -2.34. The minimum absolute atomic E-state index is 0.181. The molecule has 1 aromatic rings. The fourth-order valence-electron chi connectivity index (χ4n) is 1.80. The Bertz CT molecular complexity index is 666. The summed E-state index contributed by atoms with van der Waals surface area (Å²) in [6.45, 7) is 4.04. The Morgan fingerprint density at radius 2 is 1.86 bits per heavy atom. The summed E-state index contributed by atoms with van der Waals surface area (Å²) >= 11 is 0. The molecule has 0 aliphatic rings. The number of amides is 1. The normalized spacial score (nSPS) is 12.7. The molecule has 5 nitrogen and oxygen atoms in total. The molecule has 120 valence electrons. The molecule has 0 unspecified atom stereocenters. The molecule has 0 fully saturated rings. The molecule has 0 radical (unpaired) electrons. The SMILES string of the molecule is CCN(C[C@@H](C)C#N)C(=O)c1ccc(S(=O)(=O)C(F)F)cc1. The first-order chi connectivity index (χ1) is 10.2. The smallest absolute Gasteiger partial charge is 0.338 e. The van der Waals surface area contributed by atoms with Crippen LogP contribution in [0.15, 0.2) is 29.2 Å². The van der Waals surface area contributed by atoms with Crippen molar-refractivity contribution >= 4 is 15.7 Å². The second-order valence-corrected chi connectivity index (χ2v) is 6.62. The van der Waals surface area contributed by atoms with Gasteiger partial charge in [0.1, 0.15) is 0 Å². The molecule has 0 spiro atoms. The third-order valence-electron chi connectivity index (χ3n) is 3.05. The van der Waals surface area contributed by atoms with Crippen molar-refractivity contribution in [2.24, 2.45) is 5.92 Å². The Labute approximate surface area is 128 Å². The van der Waals surface area contributed by atoms with Crippen LogP contribution in [0.1, 0.15) is 24.2 Å². The molecule has 1 aromatic carbocycles. The van der Waals surface area contributed by atoms with Crippen LogP contribution in [-0.2, 0) is 9.84 Å². The highest BCUT2D eigenvalue weighted by molar-refractivity contribution is 7.91. The quantitative estimate of drug-likeness (QED) is 0.802. The number of hydrogen-bond donors (Lipinski definition) is 0. The summed E-state index contributed by atoms with van der Waals surface area (Å²) in [6.07, 6.45) is 0. The molecule has 0 aromatic heterocycles. The Hall–Kier alpha value is -2.01. The average molecular weight is 330 g/mol. The van der Waals surface area contributed by atoms with Crippen LogP contribution in [0.3, 0.4) is 0 Å². The molecule has 22 heavy (non-hydrogen) atoms. The van der Waals surface area contributed by atoms with E-state index in [1.54, 1.807) is 13.8 Å². The summed E-state index contributed by atoms with van der Waals surface area (Å²) < 4.78 is 47.5. The van der Waals surface area contributed by atoms with Crippen LogP contribution in [-0.4, -0.2) is 38.1 Å². The van der Waals surface area contributed by atoms with E-state index in [-0.39, 0.29) is 23.9 Å². The highest BCUT2D eigenvalue weighted by atomic mass is 32.2. The van der Waals surface area contributed by atoms with Gasteiger partial charge in [0.2, 0.25) is 9.84 Å². The van der Waals surface area contributed by atoms with Crippen molar-refractivity contribution in [1.82, 2.24) is 4.90 Å². The number of carbonyl (C=O) groups is 1. The summed E-state index contributed by atoms with van der Waals surface area (Å²) in [5.74, 6) is -4.23. The van der Waals surface area contributed by atoms with Crippen LogP contribution in [0.4, 0.5) is 8.78 Å². The highest BCUT2D eigenvalue weighted by Gasteiger charge is 2.26. The maximum absolute atomic E-state index is 12.4. The molecule has 1 rings (SSSR count). The minimum Gasteiger partial charge on any atom is -0.338 e. The van der Waals surface area contributed by atoms with E-state index >= 15 is 0 Å². The fourth-order valence-corrected chi connectivity index (χ4v) is 2.52. The van der Waals surface area contributed by atoms with Gasteiger partial charge in [0.05, 0.1) is 16.9 Å². The van der Waals surface area contributed by atoms with E-state index in [2.05, 4.69) is 0 Å². The van der Waals surface area contributed by atoms with Gasteiger partial charge >= 0.3 is 5.76 Å². The van der Waals surface area contributed by atoms with E-state index in [1.165, 1.54) is 17.0 Å². The summed E-state index contributed by atoms with van der Waals surface area (Å²) in [4.78, 5) is 13.1. The van der Waals surface area contributed by atoms with E-state index in [1.807, 2.05) is 6.07 Å². The lowest BCUT2D eigenvalue weighted by atomic mass is 10.1. The van der Waals surface area contributed by atoms with Crippen molar-refractivity contribution in [2.45, 2.75) is 24.5 Å². The number of nitrogens with zero attached hydrogens (tertiary/aromatic N) is 2. The van der Waals surface area contributed by atoms with E-state index in [4.69, 9.17) is 5.26 Å². The van der Waals surface area contributed by atoms with Crippen LogP contribution >= 0.6 is 0 Å². The Balaban J connectivity index is 2.99. The van der Waals surface area contributed by atoms with Gasteiger partial charge in [-0.25, -0.2) is 8.42 Å². The number of carbonyl (C=O) groups excluding carboxylic acids is 1. The average Bonchev–Trinajstić information content (AvgIpc) is 2.51. The number of rotatable bonds is 6. The fraction of sp³-hybridized carbons (Fsp3) is 0.429. The molecule has 0 saturated carbocycles. The molecule has 8 heteroatoms. The zero-order chi connectivity index (χ0) is 16.9. The molecular formula is C14H16F2N2O3S. The van der Waals surface area contributed by atoms with Crippen molar-refractivity contribution in [1.29, 1.82) is 5.26 Å². The highest BCUT2D eigenvalue weighted by Crippen LogP contribution is 2.19. The minimum atomic E-state index is -4.67. The second kappa shape index (κ2) is 7.31. The van der Waals surface area contributed by atoms with Gasteiger partial charge in [0.15, 0.2) is 0 Å². The van der Waals surface area contributed by atoms with Gasteiger partial charge in [-0.15, -0.1) is 0 Å². The van der Waals surface area contributed by atoms with Crippen molar-refractivity contribution in [3.8, 4) is 6.07 Å².